The molecule has 0 atom stereocenters. The second kappa shape index (κ2) is 14.1. The molecule has 0 aliphatic rings. The van der Waals surface area contributed by atoms with Crippen LogP contribution in [0.2, 0.25) is 0 Å². The number of nitrogens with zero attached hydrogens (tertiary/aromatic N) is 2. The van der Waals surface area contributed by atoms with Gasteiger partial charge in [-0.3, -0.25) is 9.59 Å². The van der Waals surface area contributed by atoms with Crippen LogP contribution in [0.15, 0.2) is 91.3 Å². The number of carbonyl (C=O) groups is 2. The summed E-state index contributed by atoms with van der Waals surface area (Å²) >= 11 is 0. The maximum atomic E-state index is 13.2. The van der Waals surface area contributed by atoms with Gasteiger partial charge in [-0.25, -0.2) is 9.97 Å². The van der Waals surface area contributed by atoms with Crippen LogP contribution in [0.5, 0.6) is 5.75 Å². The van der Waals surface area contributed by atoms with Crippen molar-refractivity contribution in [3.05, 3.63) is 102 Å². The first-order chi connectivity index (χ1) is 21.7. The van der Waals surface area contributed by atoms with E-state index in [1.54, 1.807) is 25.1 Å². The molecule has 4 aromatic rings. The van der Waals surface area contributed by atoms with Gasteiger partial charge in [-0.1, -0.05) is 18.2 Å². The topological polar surface area (TPSA) is 105 Å². The van der Waals surface area contributed by atoms with Crippen LogP contribution in [0.4, 0.5) is 49.2 Å². The molecule has 1 aromatic heterocycles. The molecule has 0 aliphatic heterocycles. The summed E-state index contributed by atoms with van der Waals surface area (Å²) in [5, 5.41) is 8.75. The van der Waals surface area contributed by atoms with E-state index in [-0.39, 0.29) is 29.9 Å². The number of hydrogen-bond donors (Lipinski definition) is 3. The minimum absolute atomic E-state index is 0.119. The van der Waals surface area contributed by atoms with E-state index >= 15 is 0 Å². The zero-order valence-corrected chi connectivity index (χ0v) is 24.2. The van der Waals surface area contributed by atoms with Crippen molar-refractivity contribution in [3.63, 3.8) is 0 Å². The molecule has 3 aromatic carbocycles. The number of benzene rings is 3. The highest BCUT2D eigenvalue weighted by Crippen LogP contribution is 2.31. The fourth-order valence-electron chi connectivity index (χ4n) is 4.25. The van der Waals surface area contributed by atoms with Gasteiger partial charge in [0.15, 0.2) is 0 Å². The van der Waals surface area contributed by atoms with Crippen molar-refractivity contribution in [3.8, 4) is 5.75 Å². The Kier molecular flexibility index (Phi) is 10.3. The number of aromatic nitrogens is 2. The molecule has 4 rings (SSSR count). The van der Waals surface area contributed by atoms with Crippen LogP contribution in [0.1, 0.15) is 35.2 Å². The number of allylic oxidation sites excluding steroid dienone is 2. The van der Waals surface area contributed by atoms with Crippen molar-refractivity contribution in [2.75, 3.05) is 16.0 Å². The number of fused-ring (bicyclic) bond motifs is 1. The molecule has 3 N–H and O–H groups in total. The summed E-state index contributed by atoms with van der Waals surface area (Å²) in [6.07, 6.45) is -6.54. The van der Waals surface area contributed by atoms with E-state index in [1.165, 1.54) is 42.7 Å². The molecular formula is C32H27F6N5O3. The fourth-order valence-corrected chi connectivity index (χ4v) is 4.25. The molecule has 240 valence electrons. The molecule has 1 heterocycles. The predicted octanol–water partition coefficient (Wildman–Crippen LogP) is 8.62. The normalized spacial score (nSPS) is 12.0. The van der Waals surface area contributed by atoms with Crippen LogP contribution in [0.25, 0.3) is 10.9 Å². The lowest BCUT2D eigenvalue weighted by atomic mass is 10.1. The van der Waals surface area contributed by atoms with Crippen LogP contribution in [-0.4, -0.2) is 34.3 Å². The molecule has 0 saturated heterocycles. The number of anilines is 4. The number of aryl methyl sites for hydroxylation is 1. The molecule has 14 heteroatoms. The SMILES string of the molecule is C=CCC/C(=C\CC(=O)Nc1ccc(C)c(NC(=O)c2ccc3ncnc(Nc4ccc(OC(F)(F)F)cc4)c3c2)c1)C(F)(F)F. The maximum Gasteiger partial charge on any atom is 0.573 e. The number of amides is 2. The highest BCUT2D eigenvalue weighted by Gasteiger charge is 2.32. The van der Waals surface area contributed by atoms with E-state index in [2.05, 4.69) is 37.2 Å². The monoisotopic (exact) mass is 643 g/mol. The van der Waals surface area contributed by atoms with Gasteiger partial charge in [0.05, 0.1) is 5.52 Å². The number of nitrogens with one attached hydrogen (secondary N) is 3. The van der Waals surface area contributed by atoms with Gasteiger partial charge in [0.25, 0.3) is 5.91 Å². The first-order valence-electron chi connectivity index (χ1n) is 13.7. The number of halogens is 6. The fraction of sp³-hybridized carbons (Fsp3) is 0.188. The van der Waals surface area contributed by atoms with Gasteiger partial charge in [-0.05, 0) is 79.9 Å². The van der Waals surface area contributed by atoms with E-state index in [4.69, 9.17) is 0 Å². The van der Waals surface area contributed by atoms with Crippen LogP contribution in [0, 0.1) is 6.92 Å². The lowest BCUT2D eigenvalue weighted by Crippen LogP contribution is -2.17. The van der Waals surface area contributed by atoms with Gasteiger partial charge in [-0.2, -0.15) is 13.2 Å². The molecule has 46 heavy (non-hydrogen) atoms. The van der Waals surface area contributed by atoms with Crippen LogP contribution in [-0.2, 0) is 4.79 Å². The smallest absolute Gasteiger partial charge is 0.406 e. The lowest BCUT2D eigenvalue weighted by molar-refractivity contribution is -0.274. The molecule has 0 aliphatic carbocycles. The number of carbonyl (C=O) groups excluding carboxylic acids is 2. The maximum absolute atomic E-state index is 13.2. The zero-order chi connectivity index (χ0) is 33.5. The molecule has 0 radical (unpaired) electrons. The van der Waals surface area contributed by atoms with Gasteiger partial charge < -0.3 is 20.7 Å². The number of hydrogen-bond acceptors (Lipinski definition) is 6. The predicted molar refractivity (Wildman–Crippen MR) is 162 cm³/mol. The third-order valence-electron chi connectivity index (χ3n) is 6.53. The quantitative estimate of drug-likeness (QED) is 0.112. The first-order valence-corrected chi connectivity index (χ1v) is 13.7. The molecular weight excluding hydrogens is 616 g/mol. The van der Waals surface area contributed by atoms with E-state index in [0.717, 1.165) is 18.2 Å². The van der Waals surface area contributed by atoms with Crippen molar-refractivity contribution in [1.82, 2.24) is 9.97 Å². The summed E-state index contributed by atoms with van der Waals surface area (Å²) in [4.78, 5) is 34.0. The Bertz CT molecular complexity index is 1770. The van der Waals surface area contributed by atoms with Crippen molar-refractivity contribution < 1.29 is 40.7 Å². The Morgan fingerprint density at radius 2 is 1.63 bits per heavy atom. The summed E-state index contributed by atoms with van der Waals surface area (Å²) in [5.74, 6) is -1.29. The second-order valence-electron chi connectivity index (χ2n) is 9.94. The van der Waals surface area contributed by atoms with E-state index in [0.29, 0.717) is 27.8 Å². The van der Waals surface area contributed by atoms with Gasteiger partial charge in [0.2, 0.25) is 5.91 Å². The Labute approximate surface area is 259 Å². The van der Waals surface area contributed by atoms with E-state index < -0.39 is 42.1 Å². The molecule has 0 unspecified atom stereocenters. The molecule has 2 amide bonds. The Balaban J connectivity index is 1.48. The van der Waals surface area contributed by atoms with E-state index in [1.807, 2.05) is 0 Å². The van der Waals surface area contributed by atoms with Gasteiger partial charge in [0.1, 0.15) is 17.9 Å². The molecule has 0 saturated carbocycles. The summed E-state index contributed by atoms with van der Waals surface area (Å²) in [7, 11) is 0. The summed E-state index contributed by atoms with van der Waals surface area (Å²) in [5.41, 5.74) is 1.57. The summed E-state index contributed by atoms with van der Waals surface area (Å²) in [6, 6.07) is 14.4. The summed E-state index contributed by atoms with van der Waals surface area (Å²) < 4.78 is 81.0. The third-order valence-corrected chi connectivity index (χ3v) is 6.53. The minimum atomic E-state index is -4.82. The van der Waals surface area contributed by atoms with Gasteiger partial charge in [0, 0.05) is 40.0 Å². The van der Waals surface area contributed by atoms with Crippen molar-refractivity contribution >= 4 is 45.6 Å². The molecule has 8 nitrogen and oxygen atoms in total. The zero-order valence-electron chi connectivity index (χ0n) is 24.2. The van der Waals surface area contributed by atoms with Crippen LogP contribution >= 0.6 is 0 Å². The largest absolute Gasteiger partial charge is 0.573 e. The second-order valence-corrected chi connectivity index (χ2v) is 9.94. The van der Waals surface area contributed by atoms with Crippen molar-refractivity contribution in [2.24, 2.45) is 0 Å². The van der Waals surface area contributed by atoms with E-state index in [9.17, 15) is 35.9 Å². The summed E-state index contributed by atoms with van der Waals surface area (Å²) in [6.45, 7) is 5.14. The molecule has 0 fully saturated rings. The van der Waals surface area contributed by atoms with Crippen molar-refractivity contribution in [1.29, 1.82) is 0 Å². The Hall–Kier alpha value is -5.40. The number of alkyl halides is 6. The standard InChI is InChI=1S/C32H27F6N5O3/c1-3-4-5-21(31(33,34)35)8-15-28(44)41-23-9-6-19(2)27(17-23)43-30(45)20-7-14-26-25(16-20)29(40-18-39-26)42-22-10-12-24(13-11-22)46-32(36,37)38/h3,6-14,16-18H,1,4-5,15H2,2H3,(H,41,44)(H,43,45)(H,39,40,42)/b21-8+. The highest BCUT2D eigenvalue weighted by molar-refractivity contribution is 6.08. The Morgan fingerprint density at radius 3 is 2.30 bits per heavy atom. The van der Waals surface area contributed by atoms with Gasteiger partial charge in [-0.15, -0.1) is 19.8 Å². The van der Waals surface area contributed by atoms with Crippen LogP contribution < -0.4 is 20.7 Å². The van der Waals surface area contributed by atoms with Crippen LogP contribution in [0.3, 0.4) is 0 Å². The van der Waals surface area contributed by atoms with Crippen molar-refractivity contribution in [2.45, 2.75) is 38.7 Å². The molecule has 0 spiro atoms. The third kappa shape index (κ3) is 9.30. The number of ether oxygens (including phenoxy) is 1. The average molecular weight is 644 g/mol. The number of rotatable bonds is 11. The average Bonchev–Trinajstić information content (AvgIpc) is 2.98. The Morgan fingerprint density at radius 1 is 0.913 bits per heavy atom. The first kappa shape index (κ1) is 33.5. The minimum Gasteiger partial charge on any atom is -0.406 e. The molecule has 0 bridgehead atoms. The lowest BCUT2D eigenvalue weighted by Gasteiger charge is -2.13. The highest BCUT2D eigenvalue weighted by atomic mass is 19.4. The van der Waals surface area contributed by atoms with Gasteiger partial charge >= 0.3 is 12.5 Å².